The maximum Gasteiger partial charge on any atom is 0.161 e. The van der Waals surface area contributed by atoms with Crippen molar-refractivity contribution in [1.29, 1.82) is 0 Å². The molecule has 4 aromatic rings. The van der Waals surface area contributed by atoms with Gasteiger partial charge >= 0.3 is 0 Å². The number of fused-ring (bicyclic) bond motifs is 1. The topological polar surface area (TPSA) is 31.4 Å². The number of rotatable bonds is 6. The maximum absolute atomic E-state index is 6.08. The number of benzene rings is 3. The van der Waals surface area contributed by atoms with Gasteiger partial charge in [-0.1, -0.05) is 41.4 Å². The van der Waals surface area contributed by atoms with Crippen LogP contribution < -0.4 is 9.47 Å². The molecule has 3 nitrogen and oxygen atoms in total. The highest BCUT2D eigenvalue weighted by Crippen LogP contribution is 2.36. The van der Waals surface area contributed by atoms with Crippen molar-refractivity contribution in [2.75, 3.05) is 6.61 Å². The highest BCUT2D eigenvalue weighted by atomic mass is 35.5. The van der Waals surface area contributed by atoms with E-state index in [1.807, 2.05) is 49.4 Å². The molecule has 3 aromatic carbocycles. The molecule has 0 aliphatic carbocycles. The SMILES string of the molecule is CCOc1cc(-c2nc3ccccc3s2)ccc1OCc1ccc(Cl)c(Cl)c1. The Morgan fingerprint density at radius 1 is 0.893 bits per heavy atom. The van der Waals surface area contributed by atoms with Gasteiger partial charge in [0.2, 0.25) is 0 Å². The Balaban J connectivity index is 1.60. The molecule has 0 aliphatic rings. The van der Waals surface area contributed by atoms with Gasteiger partial charge in [-0.2, -0.15) is 0 Å². The first-order valence-corrected chi connectivity index (χ1v) is 10.4. The number of aromatic nitrogens is 1. The first kappa shape index (κ1) is 19.1. The average molecular weight is 430 g/mol. The van der Waals surface area contributed by atoms with Crippen molar-refractivity contribution in [2.45, 2.75) is 13.5 Å². The van der Waals surface area contributed by atoms with Crippen LogP contribution in [-0.2, 0) is 6.61 Å². The Morgan fingerprint density at radius 2 is 1.75 bits per heavy atom. The zero-order valence-corrected chi connectivity index (χ0v) is 17.4. The lowest BCUT2D eigenvalue weighted by molar-refractivity contribution is 0.269. The summed E-state index contributed by atoms with van der Waals surface area (Å²) in [5.74, 6) is 1.37. The number of hydrogen-bond acceptors (Lipinski definition) is 4. The zero-order chi connectivity index (χ0) is 19.5. The molecule has 0 atom stereocenters. The van der Waals surface area contributed by atoms with Crippen LogP contribution in [0.1, 0.15) is 12.5 Å². The summed E-state index contributed by atoms with van der Waals surface area (Å²) < 4.78 is 12.9. The van der Waals surface area contributed by atoms with Gasteiger partial charge in [-0.25, -0.2) is 4.98 Å². The summed E-state index contributed by atoms with van der Waals surface area (Å²) >= 11 is 13.7. The minimum Gasteiger partial charge on any atom is -0.490 e. The molecule has 142 valence electrons. The monoisotopic (exact) mass is 429 g/mol. The third-order valence-electron chi connectivity index (χ3n) is 4.16. The van der Waals surface area contributed by atoms with E-state index in [0.717, 1.165) is 26.4 Å². The number of hydrogen-bond donors (Lipinski definition) is 0. The van der Waals surface area contributed by atoms with E-state index < -0.39 is 0 Å². The molecule has 0 spiro atoms. The molecule has 0 saturated heterocycles. The second-order valence-electron chi connectivity index (χ2n) is 6.12. The third-order valence-corrected chi connectivity index (χ3v) is 5.99. The lowest BCUT2D eigenvalue weighted by atomic mass is 10.2. The molecule has 0 fully saturated rings. The summed E-state index contributed by atoms with van der Waals surface area (Å²) in [7, 11) is 0. The molecule has 0 radical (unpaired) electrons. The van der Waals surface area contributed by atoms with E-state index in [0.29, 0.717) is 34.8 Å². The fraction of sp³-hybridized carbons (Fsp3) is 0.136. The number of thiazole rings is 1. The first-order valence-electron chi connectivity index (χ1n) is 8.83. The van der Waals surface area contributed by atoms with Gasteiger partial charge in [0, 0.05) is 5.56 Å². The Hall–Kier alpha value is -2.27. The van der Waals surface area contributed by atoms with Gasteiger partial charge in [0.1, 0.15) is 11.6 Å². The van der Waals surface area contributed by atoms with Gasteiger partial charge in [-0.3, -0.25) is 0 Å². The van der Waals surface area contributed by atoms with E-state index in [-0.39, 0.29) is 0 Å². The van der Waals surface area contributed by atoms with Crippen LogP contribution in [0.2, 0.25) is 10.0 Å². The summed E-state index contributed by atoms with van der Waals surface area (Å²) in [6.45, 7) is 2.87. The molecule has 0 amide bonds. The Labute approximate surface area is 177 Å². The predicted octanol–water partition coefficient (Wildman–Crippen LogP) is 7.25. The predicted molar refractivity (Wildman–Crippen MR) is 117 cm³/mol. The van der Waals surface area contributed by atoms with Crippen molar-refractivity contribution in [1.82, 2.24) is 4.98 Å². The molecule has 28 heavy (non-hydrogen) atoms. The highest BCUT2D eigenvalue weighted by Gasteiger charge is 2.12. The third kappa shape index (κ3) is 4.09. The van der Waals surface area contributed by atoms with Crippen LogP contribution in [0.3, 0.4) is 0 Å². The van der Waals surface area contributed by atoms with Gasteiger partial charge in [0.05, 0.1) is 26.9 Å². The van der Waals surface area contributed by atoms with E-state index in [1.165, 1.54) is 0 Å². The van der Waals surface area contributed by atoms with Crippen LogP contribution in [0.4, 0.5) is 0 Å². The van der Waals surface area contributed by atoms with E-state index in [9.17, 15) is 0 Å². The lowest BCUT2D eigenvalue weighted by Crippen LogP contribution is -2.00. The highest BCUT2D eigenvalue weighted by molar-refractivity contribution is 7.21. The molecular weight excluding hydrogens is 413 g/mol. The Morgan fingerprint density at radius 3 is 2.54 bits per heavy atom. The summed E-state index contributed by atoms with van der Waals surface area (Å²) in [6.07, 6.45) is 0. The number of nitrogens with zero attached hydrogens (tertiary/aromatic N) is 1. The van der Waals surface area contributed by atoms with Gasteiger partial charge in [0.15, 0.2) is 11.5 Å². The average Bonchev–Trinajstić information content (AvgIpc) is 3.14. The first-order chi connectivity index (χ1) is 13.6. The van der Waals surface area contributed by atoms with Crippen molar-refractivity contribution in [3.05, 3.63) is 76.3 Å². The molecule has 0 saturated carbocycles. The van der Waals surface area contributed by atoms with Crippen LogP contribution in [0, 0.1) is 0 Å². The van der Waals surface area contributed by atoms with Crippen molar-refractivity contribution in [3.8, 4) is 22.1 Å². The summed E-state index contributed by atoms with van der Waals surface area (Å²) in [4.78, 5) is 4.72. The lowest BCUT2D eigenvalue weighted by Gasteiger charge is -2.13. The summed E-state index contributed by atoms with van der Waals surface area (Å²) in [5, 5.41) is 2.00. The van der Waals surface area contributed by atoms with E-state index in [4.69, 9.17) is 37.7 Å². The smallest absolute Gasteiger partial charge is 0.161 e. The molecule has 0 unspecified atom stereocenters. The largest absolute Gasteiger partial charge is 0.490 e. The van der Waals surface area contributed by atoms with Crippen molar-refractivity contribution >= 4 is 44.8 Å². The fourth-order valence-corrected chi connectivity index (χ4v) is 4.10. The van der Waals surface area contributed by atoms with Gasteiger partial charge in [-0.15, -0.1) is 11.3 Å². The van der Waals surface area contributed by atoms with Crippen LogP contribution >= 0.6 is 34.5 Å². The Kier molecular flexibility index (Phi) is 5.72. The maximum atomic E-state index is 6.08. The van der Waals surface area contributed by atoms with E-state index >= 15 is 0 Å². The molecule has 6 heteroatoms. The summed E-state index contributed by atoms with van der Waals surface area (Å²) in [5.41, 5.74) is 2.94. The van der Waals surface area contributed by atoms with Crippen LogP contribution in [0.15, 0.2) is 60.7 Å². The minimum absolute atomic E-state index is 0.372. The molecule has 0 bridgehead atoms. The van der Waals surface area contributed by atoms with Crippen molar-refractivity contribution in [2.24, 2.45) is 0 Å². The van der Waals surface area contributed by atoms with Crippen molar-refractivity contribution < 1.29 is 9.47 Å². The standard InChI is InChI=1S/C22H17Cl2NO2S/c1-2-26-20-12-15(22-25-18-5-3-4-6-21(18)28-22)8-10-19(20)27-13-14-7-9-16(23)17(24)11-14/h3-12H,2,13H2,1H3. The molecule has 1 aromatic heterocycles. The number of ether oxygens (including phenoxy) is 2. The van der Waals surface area contributed by atoms with Crippen LogP contribution in [0.25, 0.3) is 20.8 Å². The number of para-hydroxylation sites is 1. The second-order valence-corrected chi connectivity index (χ2v) is 7.96. The van der Waals surface area contributed by atoms with Gasteiger partial charge in [0.25, 0.3) is 0 Å². The van der Waals surface area contributed by atoms with E-state index in [2.05, 4.69) is 6.07 Å². The molecule has 0 aliphatic heterocycles. The molecule has 4 rings (SSSR count). The zero-order valence-electron chi connectivity index (χ0n) is 15.1. The summed E-state index contributed by atoms with van der Waals surface area (Å²) in [6, 6.07) is 19.5. The van der Waals surface area contributed by atoms with Gasteiger partial charge < -0.3 is 9.47 Å². The second kappa shape index (κ2) is 8.39. The molecule has 0 N–H and O–H groups in total. The fourth-order valence-electron chi connectivity index (χ4n) is 2.81. The quantitative estimate of drug-likeness (QED) is 0.323. The van der Waals surface area contributed by atoms with Crippen LogP contribution in [0.5, 0.6) is 11.5 Å². The van der Waals surface area contributed by atoms with Gasteiger partial charge in [-0.05, 0) is 55.0 Å². The van der Waals surface area contributed by atoms with Crippen LogP contribution in [-0.4, -0.2) is 11.6 Å². The normalized spacial score (nSPS) is 11.0. The van der Waals surface area contributed by atoms with E-state index in [1.54, 1.807) is 23.5 Å². The molecular formula is C22H17Cl2NO2S. The Bertz CT molecular complexity index is 1090. The molecule has 1 heterocycles. The minimum atomic E-state index is 0.372. The van der Waals surface area contributed by atoms with Crippen molar-refractivity contribution in [3.63, 3.8) is 0 Å². The number of halogens is 2.